The maximum atomic E-state index is 11.7. The smallest absolute Gasteiger partial charge is 0.321 e. The highest BCUT2D eigenvalue weighted by Gasteiger charge is 2.20. The monoisotopic (exact) mass is 276 g/mol. The van der Waals surface area contributed by atoms with Gasteiger partial charge in [0.25, 0.3) is 0 Å². The van der Waals surface area contributed by atoms with E-state index in [1.165, 1.54) is 5.56 Å². The molecule has 0 radical (unpaired) electrons. The van der Waals surface area contributed by atoms with Crippen LogP contribution in [0.25, 0.3) is 0 Å². The van der Waals surface area contributed by atoms with E-state index in [0.29, 0.717) is 13.1 Å². The molecule has 1 aromatic carbocycles. The van der Waals surface area contributed by atoms with Gasteiger partial charge in [0.15, 0.2) is 0 Å². The average Bonchev–Trinajstić information content (AvgIpc) is 2.39. The molecule has 0 aromatic heterocycles. The molecule has 1 aliphatic heterocycles. The van der Waals surface area contributed by atoms with Gasteiger partial charge in [0.2, 0.25) is 5.91 Å². The van der Waals surface area contributed by atoms with Crippen LogP contribution < -0.4 is 16.4 Å². The maximum absolute atomic E-state index is 11.7. The maximum Gasteiger partial charge on any atom is 0.321 e. The van der Waals surface area contributed by atoms with Crippen molar-refractivity contribution in [2.24, 2.45) is 0 Å². The first kappa shape index (κ1) is 14.3. The highest BCUT2D eigenvalue weighted by molar-refractivity contribution is 5.95. The van der Waals surface area contributed by atoms with Gasteiger partial charge in [0.05, 0.1) is 6.54 Å². The Morgan fingerprint density at radius 3 is 2.95 bits per heavy atom. The molecular weight excluding hydrogens is 256 g/mol. The van der Waals surface area contributed by atoms with Gasteiger partial charge in [-0.15, -0.1) is 0 Å². The lowest BCUT2D eigenvalue weighted by Gasteiger charge is -2.28. The van der Waals surface area contributed by atoms with Crippen LogP contribution in [0.3, 0.4) is 0 Å². The topological polar surface area (TPSA) is 87.5 Å². The van der Waals surface area contributed by atoms with Crippen molar-refractivity contribution < 1.29 is 9.59 Å². The second kappa shape index (κ2) is 6.38. The molecular formula is C14H20N4O2. The normalized spacial score (nSPS) is 14.4. The number of imide groups is 1. The fourth-order valence-corrected chi connectivity index (χ4v) is 2.37. The summed E-state index contributed by atoms with van der Waals surface area (Å²) in [7, 11) is 0. The van der Waals surface area contributed by atoms with Crippen molar-refractivity contribution in [1.82, 2.24) is 15.5 Å². The highest BCUT2D eigenvalue weighted by Crippen LogP contribution is 2.23. The summed E-state index contributed by atoms with van der Waals surface area (Å²) in [6.07, 6.45) is 0.870. The number of carbonyl (C=O) groups excluding carboxylic acids is 2. The largest absolute Gasteiger partial charge is 0.398 e. The van der Waals surface area contributed by atoms with Crippen LogP contribution in [0.1, 0.15) is 18.1 Å². The lowest BCUT2D eigenvalue weighted by Crippen LogP contribution is -2.45. The van der Waals surface area contributed by atoms with Crippen LogP contribution in [0.5, 0.6) is 0 Å². The Morgan fingerprint density at radius 1 is 1.40 bits per heavy atom. The Bertz CT molecular complexity index is 516. The number of anilines is 1. The summed E-state index contributed by atoms with van der Waals surface area (Å²) in [5.41, 5.74) is 9.05. The number of amides is 3. The molecule has 3 amide bonds. The Kier molecular flexibility index (Phi) is 4.57. The minimum Gasteiger partial charge on any atom is -0.398 e. The van der Waals surface area contributed by atoms with E-state index < -0.39 is 6.03 Å². The zero-order valence-corrected chi connectivity index (χ0v) is 11.6. The number of benzene rings is 1. The van der Waals surface area contributed by atoms with E-state index in [0.717, 1.165) is 24.2 Å². The lowest BCUT2D eigenvalue weighted by molar-refractivity contribution is -0.121. The molecule has 108 valence electrons. The van der Waals surface area contributed by atoms with Gasteiger partial charge in [-0.25, -0.2) is 4.79 Å². The SMILES string of the molecule is CCNC(=O)NC(=O)CN1CCc2cccc(N)c2C1. The van der Waals surface area contributed by atoms with Crippen molar-refractivity contribution in [3.8, 4) is 0 Å². The first-order valence-electron chi connectivity index (χ1n) is 6.76. The fourth-order valence-electron chi connectivity index (χ4n) is 2.37. The summed E-state index contributed by atoms with van der Waals surface area (Å²) in [5, 5.41) is 4.83. The fraction of sp³-hybridized carbons (Fsp3) is 0.429. The third-order valence-corrected chi connectivity index (χ3v) is 3.35. The van der Waals surface area contributed by atoms with Crippen molar-refractivity contribution >= 4 is 17.6 Å². The van der Waals surface area contributed by atoms with Crippen LogP contribution in [-0.2, 0) is 17.8 Å². The van der Waals surface area contributed by atoms with Crippen molar-refractivity contribution in [2.75, 3.05) is 25.4 Å². The molecule has 0 bridgehead atoms. The molecule has 4 N–H and O–H groups in total. The molecule has 1 aliphatic rings. The van der Waals surface area contributed by atoms with Crippen molar-refractivity contribution in [3.05, 3.63) is 29.3 Å². The summed E-state index contributed by atoms with van der Waals surface area (Å²) in [5.74, 6) is -0.297. The van der Waals surface area contributed by atoms with Gasteiger partial charge < -0.3 is 11.1 Å². The number of urea groups is 1. The number of fused-ring (bicyclic) bond motifs is 1. The Hall–Kier alpha value is -2.08. The third kappa shape index (κ3) is 3.48. The summed E-state index contributed by atoms with van der Waals surface area (Å²) in [6, 6.07) is 5.44. The molecule has 20 heavy (non-hydrogen) atoms. The van der Waals surface area contributed by atoms with E-state index in [4.69, 9.17) is 5.73 Å². The molecule has 0 saturated carbocycles. The Balaban J connectivity index is 1.91. The molecule has 1 aromatic rings. The molecule has 0 fully saturated rings. The van der Waals surface area contributed by atoms with Crippen LogP contribution in [0.2, 0.25) is 0 Å². The van der Waals surface area contributed by atoms with Gasteiger partial charge in [-0.05, 0) is 30.5 Å². The number of nitrogens with two attached hydrogens (primary N) is 1. The summed E-state index contributed by atoms with van der Waals surface area (Å²) in [6.45, 7) is 3.93. The lowest BCUT2D eigenvalue weighted by atomic mass is 9.98. The predicted molar refractivity (Wildman–Crippen MR) is 77.1 cm³/mol. The number of nitrogens with one attached hydrogen (secondary N) is 2. The zero-order chi connectivity index (χ0) is 14.5. The van der Waals surface area contributed by atoms with Gasteiger partial charge in [0, 0.05) is 25.3 Å². The first-order chi connectivity index (χ1) is 9.60. The van der Waals surface area contributed by atoms with Crippen LogP contribution >= 0.6 is 0 Å². The van der Waals surface area contributed by atoms with E-state index >= 15 is 0 Å². The molecule has 0 atom stereocenters. The van der Waals surface area contributed by atoms with E-state index in [9.17, 15) is 9.59 Å². The highest BCUT2D eigenvalue weighted by atomic mass is 16.2. The Labute approximate surface area is 118 Å². The first-order valence-corrected chi connectivity index (χ1v) is 6.76. The Morgan fingerprint density at radius 2 is 2.20 bits per heavy atom. The van der Waals surface area contributed by atoms with Crippen molar-refractivity contribution in [3.63, 3.8) is 0 Å². The summed E-state index contributed by atoms with van der Waals surface area (Å²) < 4.78 is 0. The van der Waals surface area contributed by atoms with E-state index in [1.807, 2.05) is 17.0 Å². The average molecular weight is 276 g/mol. The number of hydrogen-bond donors (Lipinski definition) is 3. The number of hydrogen-bond acceptors (Lipinski definition) is 4. The predicted octanol–water partition coefficient (Wildman–Crippen LogP) is 0.473. The number of nitrogens with zero attached hydrogens (tertiary/aromatic N) is 1. The standard InChI is InChI=1S/C14H20N4O2/c1-2-16-14(20)17-13(19)9-18-7-6-10-4-3-5-12(15)11(10)8-18/h3-5H,2,6-9,15H2,1H3,(H2,16,17,19,20). The zero-order valence-electron chi connectivity index (χ0n) is 11.6. The van der Waals surface area contributed by atoms with Gasteiger partial charge >= 0.3 is 6.03 Å². The number of nitrogen functional groups attached to an aromatic ring is 1. The van der Waals surface area contributed by atoms with Gasteiger partial charge in [-0.2, -0.15) is 0 Å². The molecule has 6 heteroatoms. The molecule has 0 aliphatic carbocycles. The minimum absolute atomic E-state index is 0.199. The van der Waals surface area contributed by atoms with Gasteiger partial charge in [-0.3, -0.25) is 15.0 Å². The molecule has 6 nitrogen and oxygen atoms in total. The molecule has 0 saturated heterocycles. The van der Waals surface area contributed by atoms with Crippen molar-refractivity contribution in [2.45, 2.75) is 19.9 Å². The van der Waals surface area contributed by atoms with E-state index in [2.05, 4.69) is 16.7 Å². The van der Waals surface area contributed by atoms with E-state index in [-0.39, 0.29) is 12.5 Å². The quantitative estimate of drug-likeness (QED) is 0.700. The summed E-state index contributed by atoms with van der Waals surface area (Å²) in [4.78, 5) is 25.0. The second-order valence-electron chi connectivity index (χ2n) is 4.85. The van der Waals surface area contributed by atoms with Crippen molar-refractivity contribution in [1.29, 1.82) is 0 Å². The minimum atomic E-state index is -0.450. The molecule has 0 unspecified atom stereocenters. The summed E-state index contributed by atoms with van der Waals surface area (Å²) >= 11 is 0. The van der Waals surface area contributed by atoms with Crippen LogP contribution in [0.4, 0.5) is 10.5 Å². The molecule has 0 spiro atoms. The van der Waals surface area contributed by atoms with Gasteiger partial charge in [0.1, 0.15) is 0 Å². The third-order valence-electron chi connectivity index (χ3n) is 3.35. The van der Waals surface area contributed by atoms with Crippen LogP contribution in [0, 0.1) is 0 Å². The number of carbonyl (C=O) groups is 2. The van der Waals surface area contributed by atoms with E-state index in [1.54, 1.807) is 6.92 Å². The van der Waals surface area contributed by atoms with Gasteiger partial charge in [-0.1, -0.05) is 12.1 Å². The molecule has 2 rings (SSSR count). The number of rotatable bonds is 3. The molecule has 1 heterocycles. The van der Waals surface area contributed by atoms with Crippen LogP contribution in [0.15, 0.2) is 18.2 Å². The van der Waals surface area contributed by atoms with Crippen LogP contribution in [-0.4, -0.2) is 36.5 Å². The second-order valence-corrected chi connectivity index (χ2v) is 4.85.